The molecular weight excluding hydrogens is 504 g/mol. The molecule has 4 heteroatoms. The zero-order valence-corrected chi connectivity index (χ0v) is 21.9. The summed E-state index contributed by atoms with van der Waals surface area (Å²) in [4.78, 5) is 4.76. The van der Waals surface area contributed by atoms with E-state index in [1.807, 2.05) is 59.1 Å². The number of aromatic nitrogens is 2. The highest BCUT2D eigenvalue weighted by Gasteiger charge is 2.20. The second-order valence-corrected chi connectivity index (χ2v) is 10.4. The molecule has 0 atom stereocenters. The van der Waals surface area contributed by atoms with E-state index in [2.05, 4.69) is 79.0 Å². The van der Waals surface area contributed by atoms with Crippen molar-refractivity contribution in [2.45, 2.75) is 0 Å². The van der Waals surface area contributed by atoms with Crippen molar-refractivity contribution in [3.05, 3.63) is 134 Å². The van der Waals surface area contributed by atoms with Gasteiger partial charge in [0.2, 0.25) is 0 Å². The maximum absolute atomic E-state index is 6.47. The molecule has 5 aromatic carbocycles. The van der Waals surface area contributed by atoms with E-state index in [-0.39, 0.29) is 0 Å². The molecule has 0 saturated heterocycles. The average Bonchev–Trinajstić information content (AvgIpc) is 3.74. The number of nitrogens with zero attached hydrogens (tertiary/aromatic N) is 2. The van der Waals surface area contributed by atoms with Gasteiger partial charge in [0.25, 0.3) is 0 Å². The van der Waals surface area contributed by atoms with Crippen LogP contribution in [0.1, 0.15) is 0 Å². The van der Waals surface area contributed by atoms with Crippen LogP contribution in [0.2, 0.25) is 0 Å². The molecule has 0 bridgehead atoms. The van der Waals surface area contributed by atoms with Crippen LogP contribution in [0, 0.1) is 0 Å². The molecule has 4 nitrogen and oxygen atoms in total. The number of para-hydroxylation sites is 2. The van der Waals surface area contributed by atoms with Crippen molar-refractivity contribution in [3.63, 3.8) is 0 Å². The molecule has 192 valence electrons. The molecule has 41 heavy (non-hydrogen) atoms. The maximum atomic E-state index is 6.47. The fourth-order valence-corrected chi connectivity index (χ4v) is 6.03. The van der Waals surface area contributed by atoms with Crippen molar-refractivity contribution in [2.75, 3.05) is 0 Å². The first kappa shape index (κ1) is 22.2. The molecule has 0 fully saturated rings. The Labute approximate surface area is 234 Å². The highest BCUT2D eigenvalue weighted by Crippen LogP contribution is 2.44. The summed E-state index contributed by atoms with van der Waals surface area (Å²) >= 11 is 0. The molecule has 4 heterocycles. The van der Waals surface area contributed by atoms with E-state index in [9.17, 15) is 0 Å². The first-order chi connectivity index (χ1) is 20.3. The Morgan fingerprint density at radius 3 is 1.88 bits per heavy atom. The van der Waals surface area contributed by atoms with Gasteiger partial charge in [0.05, 0.1) is 11.1 Å². The predicted molar refractivity (Wildman–Crippen MR) is 166 cm³/mol. The lowest BCUT2D eigenvalue weighted by molar-refractivity contribution is 0.663. The topological polar surface area (TPSA) is 43.6 Å². The Balaban J connectivity index is 1.15. The minimum Gasteiger partial charge on any atom is -0.455 e. The van der Waals surface area contributed by atoms with Gasteiger partial charge in [-0.1, -0.05) is 91.0 Å². The van der Waals surface area contributed by atoms with Crippen LogP contribution in [0.4, 0.5) is 0 Å². The van der Waals surface area contributed by atoms with Gasteiger partial charge in [0.1, 0.15) is 28.0 Å². The minimum atomic E-state index is 0.849. The third-order valence-corrected chi connectivity index (χ3v) is 8.06. The van der Waals surface area contributed by atoms with Crippen LogP contribution in [0.5, 0.6) is 0 Å². The normalized spacial score (nSPS) is 11.9. The van der Waals surface area contributed by atoms with E-state index in [0.29, 0.717) is 0 Å². The van der Waals surface area contributed by atoms with Crippen molar-refractivity contribution in [1.29, 1.82) is 0 Å². The van der Waals surface area contributed by atoms with Gasteiger partial charge >= 0.3 is 0 Å². The van der Waals surface area contributed by atoms with Crippen LogP contribution in [0.25, 0.3) is 83.0 Å². The lowest BCUT2D eigenvalue weighted by atomic mass is 9.96. The lowest BCUT2D eigenvalue weighted by Gasteiger charge is -2.07. The summed E-state index contributed by atoms with van der Waals surface area (Å²) in [5.74, 6) is 0. The number of hydrogen-bond acceptors (Lipinski definition) is 3. The molecule has 0 aliphatic heterocycles. The molecule has 0 N–H and O–H groups in total. The summed E-state index contributed by atoms with van der Waals surface area (Å²) in [5.41, 5.74) is 11.0. The summed E-state index contributed by atoms with van der Waals surface area (Å²) in [7, 11) is 0. The highest BCUT2D eigenvalue weighted by atomic mass is 16.3. The Morgan fingerprint density at radius 1 is 0.512 bits per heavy atom. The Bertz CT molecular complexity index is 2370. The fourth-order valence-electron chi connectivity index (χ4n) is 6.03. The third kappa shape index (κ3) is 3.38. The molecule has 0 spiro atoms. The van der Waals surface area contributed by atoms with Gasteiger partial charge in [-0.25, -0.2) is 4.98 Å². The van der Waals surface area contributed by atoms with E-state index in [0.717, 1.165) is 83.0 Å². The van der Waals surface area contributed by atoms with Crippen molar-refractivity contribution in [3.8, 4) is 33.5 Å². The quantitative estimate of drug-likeness (QED) is 0.230. The van der Waals surface area contributed by atoms with Gasteiger partial charge in [0.15, 0.2) is 0 Å². The van der Waals surface area contributed by atoms with E-state index >= 15 is 0 Å². The monoisotopic (exact) mass is 526 g/mol. The predicted octanol–water partition coefficient (Wildman–Crippen LogP) is 10.1. The van der Waals surface area contributed by atoms with Crippen molar-refractivity contribution < 1.29 is 8.83 Å². The summed E-state index contributed by atoms with van der Waals surface area (Å²) in [6.45, 7) is 0. The van der Waals surface area contributed by atoms with Crippen LogP contribution >= 0.6 is 0 Å². The minimum absolute atomic E-state index is 0.849. The largest absolute Gasteiger partial charge is 0.455 e. The summed E-state index contributed by atoms with van der Waals surface area (Å²) in [6.07, 6.45) is 4.09. The smallest absolute Gasteiger partial charge is 0.147 e. The van der Waals surface area contributed by atoms with Gasteiger partial charge in [-0.05, 0) is 47.0 Å². The van der Waals surface area contributed by atoms with Gasteiger partial charge in [-0.15, -0.1) is 0 Å². The van der Waals surface area contributed by atoms with Crippen LogP contribution in [-0.4, -0.2) is 9.38 Å². The molecule has 0 unspecified atom stereocenters. The zero-order chi connectivity index (χ0) is 26.9. The maximum Gasteiger partial charge on any atom is 0.147 e. The number of pyridine rings is 1. The SMILES string of the molecule is c1ccc2c(c1)oc1c2cc(-c2ccc(-c3ccc(-c4cn5ccccc5n4)cc3)cc2)c2oc3ccccc3c21. The van der Waals surface area contributed by atoms with E-state index < -0.39 is 0 Å². The second-order valence-electron chi connectivity index (χ2n) is 10.4. The molecule has 9 aromatic rings. The first-order valence-electron chi connectivity index (χ1n) is 13.7. The number of rotatable bonds is 3. The Morgan fingerprint density at radius 2 is 1.12 bits per heavy atom. The van der Waals surface area contributed by atoms with E-state index in [1.54, 1.807) is 0 Å². The third-order valence-electron chi connectivity index (χ3n) is 8.06. The Kier molecular flexibility index (Phi) is 4.58. The number of benzene rings is 5. The van der Waals surface area contributed by atoms with Crippen LogP contribution < -0.4 is 0 Å². The summed E-state index contributed by atoms with van der Waals surface area (Å²) in [6, 6.07) is 42.0. The van der Waals surface area contributed by atoms with Gasteiger partial charge in [-0.3, -0.25) is 0 Å². The zero-order valence-electron chi connectivity index (χ0n) is 21.9. The van der Waals surface area contributed by atoms with Gasteiger partial charge in [0, 0.05) is 39.7 Å². The Hall–Kier alpha value is -5.61. The van der Waals surface area contributed by atoms with Crippen molar-refractivity contribution in [2.24, 2.45) is 0 Å². The fraction of sp³-hybridized carbons (Fsp3) is 0. The molecular formula is C37H22N2O2. The van der Waals surface area contributed by atoms with Crippen molar-refractivity contribution in [1.82, 2.24) is 9.38 Å². The van der Waals surface area contributed by atoms with Gasteiger partial charge < -0.3 is 13.2 Å². The first-order valence-corrected chi connectivity index (χ1v) is 13.7. The molecule has 9 rings (SSSR count). The summed E-state index contributed by atoms with van der Waals surface area (Å²) in [5, 5.41) is 4.30. The number of furan rings is 2. The second kappa shape index (κ2) is 8.44. The van der Waals surface area contributed by atoms with Crippen LogP contribution in [0.15, 0.2) is 143 Å². The molecule has 0 radical (unpaired) electrons. The lowest BCUT2D eigenvalue weighted by Crippen LogP contribution is -1.83. The molecule has 4 aromatic heterocycles. The van der Waals surface area contributed by atoms with E-state index in [1.165, 1.54) is 0 Å². The van der Waals surface area contributed by atoms with Crippen molar-refractivity contribution >= 4 is 49.5 Å². The molecule has 0 aliphatic rings. The average molecular weight is 527 g/mol. The van der Waals surface area contributed by atoms with Crippen LogP contribution in [-0.2, 0) is 0 Å². The molecule has 0 saturated carbocycles. The number of hydrogen-bond donors (Lipinski definition) is 0. The summed E-state index contributed by atoms with van der Waals surface area (Å²) < 4.78 is 14.9. The molecule has 0 aliphatic carbocycles. The van der Waals surface area contributed by atoms with Gasteiger partial charge in [-0.2, -0.15) is 0 Å². The highest BCUT2D eigenvalue weighted by molar-refractivity contribution is 6.25. The van der Waals surface area contributed by atoms with E-state index in [4.69, 9.17) is 13.8 Å². The molecule has 0 amide bonds. The van der Waals surface area contributed by atoms with Crippen LogP contribution in [0.3, 0.4) is 0 Å². The standard InChI is InChI=1S/C37H22N2O2/c1-3-9-32-27(7-1)30-21-29(36-35(37(30)40-32)28-8-2-4-10-33(28)41-36)25-16-12-23(13-17-25)24-14-18-26(19-15-24)31-22-39-20-6-5-11-34(39)38-31/h1-22H. The number of imidazole rings is 1. The number of fused-ring (bicyclic) bond motifs is 8.